The molecule has 1 aliphatic heterocycles. The van der Waals surface area contributed by atoms with Crippen molar-refractivity contribution in [1.82, 2.24) is 39.7 Å². The number of aromatic amines is 1. The number of rotatable bonds is 6. The maximum absolute atomic E-state index is 4.95. The van der Waals surface area contributed by atoms with E-state index in [4.69, 9.17) is 4.98 Å². The molecule has 188 valence electrons. The van der Waals surface area contributed by atoms with Crippen molar-refractivity contribution in [1.29, 1.82) is 0 Å². The van der Waals surface area contributed by atoms with Gasteiger partial charge in [-0.1, -0.05) is 54.6 Å². The summed E-state index contributed by atoms with van der Waals surface area (Å²) >= 11 is 0. The van der Waals surface area contributed by atoms with Gasteiger partial charge in [0.1, 0.15) is 12.1 Å². The zero-order valence-electron chi connectivity index (χ0n) is 20.8. The van der Waals surface area contributed by atoms with Crippen molar-refractivity contribution in [2.75, 3.05) is 18.4 Å². The van der Waals surface area contributed by atoms with Crippen LogP contribution in [0, 0.1) is 0 Å². The van der Waals surface area contributed by atoms with Gasteiger partial charge >= 0.3 is 0 Å². The lowest BCUT2D eigenvalue weighted by Gasteiger charge is -2.32. The minimum absolute atomic E-state index is 0.391. The summed E-state index contributed by atoms with van der Waals surface area (Å²) in [5.41, 5.74) is 7.19. The first-order valence-corrected chi connectivity index (χ1v) is 12.9. The average molecular weight is 502 g/mol. The molecule has 1 fully saturated rings. The molecule has 9 nitrogen and oxygen atoms in total. The van der Waals surface area contributed by atoms with Crippen LogP contribution < -0.4 is 5.32 Å². The highest BCUT2D eigenvalue weighted by atomic mass is 15.2. The van der Waals surface area contributed by atoms with Crippen LogP contribution in [-0.2, 0) is 6.54 Å². The predicted molar refractivity (Wildman–Crippen MR) is 147 cm³/mol. The number of anilines is 1. The molecule has 0 aliphatic carbocycles. The molecule has 0 radical (unpaired) electrons. The first-order valence-electron chi connectivity index (χ1n) is 12.9. The largest absolute Gasteiger partial charge is 0.367 e. The number of fused-ring (bicyclic) bond motifs is 2. The molecule has 1 aliphatic rings. The van der Waals surface area contributed by atoms with Gasteiger partial charge in [-0.05, 0) is 24.0 Å². The first kappa shape index (κ1) is 22.6. The Kier molecular flexibility index (Phi) is 5.75. The van der Waals surface area contributed by atoms with Crippen molar-refractivity contribution in [3.63, 3.8) is 0 Å². The van der Waals surface area contributed by atoms with Gasteiger partial charge in [0, 0.05) is 49.1 Å². The number of likely N-dealkylation sites (tertiary alicyclic amines) is 1. The summed E-state index contributed by atoms with van der Waals surface area (Å²) in [6.07, 6.45) is 9.34. The van der Waals surface area contributed by atoms with Crippen LogP contribution in [0.25, 0.3) is 39.1 Å². The van der Waals surface area contributed by atoms with Crippen molar-refractivity contribution >= 4 is 22.5 Å². The Hall–Kier alpha value is -4.63. The molecule has 0 atom stereocenters. The van der Waals surface area contributed by atoms with E-state index in [1.165, 1.54) is 5.56 Å². The Balaban J connectivity index is 1.04. The third kappa shape index (κ3) is 4.37. The zero-order valence-corrected chi connectivity index (χ0v) is 20.8. The molecule has 38 heavy (non-hydrogen) atoms. The minimum Gasteiger partial charge on any atom is -0.367 e. The molecule has 9 heteroatoms. The highest BCUT2D eigenvalue weighted by Crippen LogP contribution is 2.31. The van der Waals surface area contributed by atoms with E-state index in [0.717, 1.165) is 77.4 Å². The molecule has 6 aromatic rings. The SMILES string of the molecule is c1ccc(-c2cn3nccc3nc2-c2ccc(CN3CCC(Nc4ncnc5[nH]ncc45)CC3)cc2)cc1. The molecule has 4 aromatic heterocycles. The molecule has 0 amide bonds. The van der Waals surface area contributed by atoms with E-state index in [-0.39, 0.29) is 0 Å². The highest BCUT2D eigenvalue weighted by Gasteiger charge is 2.21. The van der Waals surface area contributed by atoms with E-state index in [1.807, 2.05) is 16.6 Å². The molecule has 5 heterocycles. The van der Waals surface area contributed by atoms with E-state index < -0.39 is 0 Å². The fourth-order valence-corrected chi connectivity index (χ4v) is 5.24. The molecular weight excluding hydrogens is 474 g/mol. The first-order chi connectivity index (χ1) is 18.8. The predicted octanol–water partition coefficient (Wildman–Crippen LogP) is 4.81. The van der Waals surface area contributed by atoms with Gasteiger partial charge in [-0.15, -0.1) is 0 Å². The maximum atomic E-state index is 4.95. The van der Waals surface area contributed by atoms with Gasteiger partial charge in [0.2, 0.25) is 0 Å². The minimum atomic E-state index is 0.391. The Morgan fingerprint density at radius 1 is 0.921 bits per heavy atom. The molecule has 7 rings (SSSR count). The summed E-state index contributed by atoms with van der Waals surface area (Å²) in [5, 5.41) is 15.9. The van der Waals surface area contributed by atoms with Crippen LogP contribution in [0.5, 0.6) is 0 Å². The molecule has 0 saturated carbocycles. The fraction of sp³-hybridized carbons (Fsp3) is 0.207. The standard InChI is InChI=1S/C29H27N9/c1-2-4-21(5-3-1)25-18-38-26(10-13-33-38)35-27(25)22-8-6-20(7-9-22)17-37-14-11-23(12-15-37)34-28-24-16-32-36-29(24)31-19-30-28/h1-10,13,16,18-19,23H,11-12,14-15,17H2,(H2,30,31,32,34,36). The quantitative estimate of drug-likeness (QED) is 0.338. The third-order valence-corrected chi connectivity index (χ3v) is 7.28. The Labute approximate surface area is 219 Å². The second-order valence-electron chi connectivity index (χ2n) is 9.75. The maximum Gasteiger partial charge on any atom is 0.160 e. The Morgan fingerprint density at radius 3 is 2.61 bits per heavy atom. The number of piperidine rings is 1. The normalized spacial score (nSPS) is 14.8. The van der Waals surface area contributed by atoms with Crippen LogP contribution >= 0.6 is 0 Å². The van der Waals surface area contributed by atoms with E-state index in [0.29, 0.717) is 6.04 Å². The summed E-state index contributed by atoms with van der Waals surface area (Å²) in [7, 11) is 0. The van der Waals surface area contributed by atoms with Crippen molar-refractivity contribution in [2.24, 2.45) is 0 Å². The summed E-state index contributed by atoms with van der Waals surface area (Å²) in [6.45, 7) is 3.01. The van der Waals surface area contributed by atoms with Crippen LogP contribution in [0.1, 0.15) is 18.4 Å². The van der Waals surface area contributed by atoms with Crippen LogP contribution in [0.3, 0.4) is 0 Å². The van der Waals surface area contributed by atoms with Crippen molar-refractivity contribution in [3.05, 3.63) is 91.1 Å². The zero-order chi connectivity index (χ0) is 25.3. The van der Waals surface area contributed by atoms with E-state index in [1.54, 1.807) is 18.7 Å². The van der Waals surface area contributed by atoms with Crippen LogP contribution in [0.4, 0.5) is 5.82 Å². The molecule has 0 bridgehead atoms. The van der Waals surface area contributed by atoms with Gasteiger partial charge in [-0.2, -0.15) is 10.2 Å². The van der Waals surface area contributed by atoms with E-state index in [2.05, 4.69) is 90.2 Å². The van der Waals surface area contributed by atoms with Crippen molar-refractivity contribution < 1.29 is 0 Å². The topological polar surface area (TPSA) is 99.9 Å². The molecule has 2 N–H and O–H groups in total. The summed E-state index contributed by atoms with van der Waals surface area (Å²) in [6, 6.07) is 21.5. The van der Waals surface area contributed by atoms with Gasteiger partial charge < -0.3 is 5.32 Å². The van der Waals surface area contributed by atoms with Gasteiger partial charge in [0.15, 0.2) is 11.3 Å². The van der Waals surface area contributed by atoms with Crippen molar-refractivity contribution in [3.8, 4) is 22.4 Å². The lowest BCUT2D eigenvalue weighted by Crippen LogP contribution is -2.38. The van der Waals surface area contributed by atoms with Crippen molar-refractivity contribution in [2.45, 2.75) is 25.4 Å². The van der Waals surface area contributed by atoms with E-state index >= 15 is 0 Å². The lowest BCUT2D eigenvalue weighted by molar-refractivity contribution is 0.211. The summed E-state index contributed by atoms with van der Waals surface area (Å²) < 4.78 is 1.83. The average Bonchev–Trinajstić information content (AvgIpc) is 3.64. The van der Waals surface area contributed by atoms with Gasteiger partial charge in [0.25, 0.3) is 0 Å². The number of hydrogen-bond donors (Lipinski definition) is 2. The number of benzene rings is 2. The van der Waals surface area contributed by atoms with Crippen LogP contribution in [0.15, 0.2) is 85.6 Å². The smallest absolute Gasteiger partial charge is 0.160 e. The van der Waals surface area contributed by atoms with Crippen LogP contribution in [0.2, 0.25) is 0 Å². The number of hydrogen-bond acceptors (Lipinski definition) is 7. The lowest BCUT2D eigenvalue weighted by atomic mass is 9.99. The molecule has 2 aromatic carbocycles. The Bertz CT molecular complexity index is 1680. The van der Waals surface area contributed by atoms with Crippen LogP contribution in [-0.4, -0.2) is 58.8 Å². The third-order valence-electron chi connectivity index (χ3n) is 7.28. The van der Waals surface area contributed by atoms with Gasteiger partial charge in [0.05, 0.1) is 23.5 Å². The fourth-order valence-electron chi connectivity index (χ4n) is 5.24. The number of aromatic nitrogens is 7. The molecule has 0 spiro atoms. The number of nitrogens with one attached hydrogen (secondary N) is 2. The Morgan fingerprint density at radius 2 is 1.76 bits per heavy atom. The monoisotopic (exact) mass is 501 g/mol. The second-order valence-corrected chi connectivity index (χ2v) is 9.75. The second kappa shape index (κ2) is 9.68. The number of nitrogens with zero attached hydrogens (tertiary/aromatic N) is 7. The molecule has 1 saturated heterocycles. The molecular formula is C29H27N9. The summed E-state index contributed by atoms with van der Waals surface area (Å²) in [4.78, 5) is 16.1. The van der Waals surface area contributed by atoms with Gasteiger partial charge in [-0.25, -0.2) is 19.5 Å². The highest BCUT2D eigenvalue weighted by molar-refractivity contribution is 5.85. The number of H-pyrrole nitrogens is 1. The van der Waals surface area contributed by atoms with Gasteiger partial charge in [-0.3, -0.25) is 10.00 Å². The van der Waals surface area contributed by atoms with E-state index in [9.17, 15) is 0 Å². The molecule has 0 unspecified atom stereocenters. The summed E-state index contributed by atoms with van der Waals surface area (Å²) in [5.74, 6) is 0.857.